The molecule has 0 N–H and O–H groups in total. The van der Waals surface area contributed by atoms with E-state index in [4.69, 9.17) is 11.6 Å². The van der Waals surface area contributed by atoms with Gasteiger partial charge in [0.15, 0.2) is 0 Å². The minimum atomic E-state index is 0.856. The highest BCUT2D eigenvalue weighted by Crippen LogP contribution is 2.30. The van der Waals surface area contributed by atoms with Gasteiger partial charge in [-0.25, -0.2) is 0 Å². The van der Waals surface area contributed by atoms with Crippen LogP contribution in [-0.2, 0) is 0 Å². The fraction of sp³-hybridized carbons (Fsp3) is 0.250. The third-order valence-corrected chi connectivity index (χ3v) is 4.10. The van der Waals surface area contributed by atoms with Gasteiger partial charge in [0, 0.05) is 13.5 Å². The first-order chi connectivity index (χ1) is 5.16. The van der Waals surface area contributed by atoms with Crippen molar-refractivity contribution in [3.05, 3.63) is 26.3 Å². The molecule has 0 nitrogen and oxygen atoms in total. The molecule has 0 aliphatic carbocycles. The Morgan fingerprint density at radius 3 is 2.55 bits per heavy atom. The van der Waals surface area contributed by atoms with E-state index in [1.165, 1.54) is 14.0 Å². The Hall–Kier alpha value is 0.590. The van der Waals surface area contributed by atoms with Crippen molar-refractivity contribution in [2.75, 3.05) is 6.26 Å². The molecule has 0 radical (unpaired) electrons. The van der Waals surface area contributed by atoms with Crippen LogP contribution >= 0.6 is 46.0 Å². The molecular weight excluding hydrogens is 291 g/mol. The van der Waals surface area contributed by atoms with Gasteiger partial charge in [-0.1, -0.05) is 11.6 Å². The maximum atomic E-state index is 5.95. The van der Waals surface area contributed by atoms with Crippen LogP contribution in [0.25, 0.3) is 0 Å². The van der Waals surface area contributed by atoms with Gasteiger partial charge >= 0.3 is 0 Å². The lowest BCUT2D eigenvalue weighted by Gasteiger charge is -2.06. The summed E-state index contributed by atoms with van der Waals surface area (Å²) in [5.74, 6) is 0. The van der Waals surface area contributed by atoms with Crippen molar-refractivity contribution in [2.45, 2.75) is 11.8 Å². The maximum Gasteiger partial charge on any atom is 0.0447 e. The Labute approximate surface area is 89.8 Å². The quantitative estimate of drug-likeness (QED) is 0.558. The van der Waals surface area contributed by atoms with Crippen molar-refractivity contribution < 1.29 is 0 Å². The summed E-state index contributed by atoms with van der Waals surface area (Å²) in [7, 11) is 0. The number of halogens is 2. The average molecular weight is 299 g/mol. The molecule has 0 amide bonds. The van der Waals surface area contributed by atoms with Crippen molar-refractivity contribution in [1.29, 1.82) is 0 Å². The molecule has 60 valence electrons. The highest BCUT2D eigenvalue weighted by molar-refractivity contribution is 14.1. The van der Waals surface area contributed by atoms with Crippen LogP contribution in [0.5, 0.6) is 0 Å². The summed E-state index contributed by atoms with van der Waals surface area (Å²) in [6, 6.07) is 3.99. The van der Waals surface area contributed by atoms with Gasteiger partial charge in [-0.2, -0.15) is 0 Å². The first kappa shape index (κ1) is 9.68. The van der Waals surface area contributed by atoms with Crippen molar-refractivity contribution in [1.82, 2.24) is 0 Å². The van der Waals surface area contributed by atoms with E-state index in [2.05, 4.69) is 35.8 Å². The summed E-state index contributed by atoms with van der Waals surface area (Å²) in [5, 5.41) is 0.856. The summed E-state index contributed by atoms with van der Waals surface area (Å²) < 4.78 is 1.28. The molecule has 0 bridgehead atoms. The summed E-state index contributed by atoms with van der Waals surface area (Å²) in [6.07, 6.45) is 2.07. The molecule has 1 aromatic rings. The molecule has 0 heterocycles. The maximum absolute atomic E-state index is 5.95. The number of hydrogen-bond donors (Lipinski definition) is 0. The van der Waals surface area contributed by atoms with Crippen LogP contribution in [0.15, 0.2) is 17.0 Å². The van der Waals surface area contributed by atoms with Gasteiger partial charge in [-0.15, -0.1) is 11.8 Å². The van der Waals surface area contributed by atoms with E-state index in [-0.39, 0.29) is 0 Å². The van der Waals surface area contributed by atoms with Crippen molar-refractivity contribution in [2.24, 2.45) is 0 Å². The zero-order chi connectivity index (χ0) is 8.43. The first-order valence-corrected chi connectivity index (χ1v) is 5.83. The number of hydrogen-bond acceptors (Lipinski definition) is 1. The van der Waals surface area contributed by atoms with Crippen molar-refractivity contribution in [3.8, 4) is 0 Å². The predicted octanol–water partition coefficient (Wildman–Crippen LogP) is 3.97. The second-order valence-corrected chi connectivity index (χ2v) is 4.57. The van der Waals surface area contributed by atoms with E-state index < -0.39 is 0 Å². The standard InChI is InChI=1S/C8H8ClIS/c1-5-6(9)3-4-7(10)8(5)11-2/h3-4H,1-2H3. The highest BCUT2D eigenvalue weighted by Gasteiger charge is 2.04. The Kier molecular flexibility index (Phi) is 3.52. The highest BCUT2D eigenvalue weighted by atomic mass is 127. The van der Waals surface area contributed by atoms with Gasteiger partial charge < -0.3 is 0 Å². The SMILES string of the molecule is CSc1c(I)ccc(Cl)c1C. The van der Waals surface area contributed by atoms with E-state index in [0.29, 0.717) is 0 Å². The predicted molar refractivity (Wildman–Crippen MR) is 60.7 cm³/mol. The van der Waals surface area contributed by atoms with E-state index in [1.54, 1.807) is 11.8 Å². The lowest BCUT2D eigenvalue weighted by molar-refractivity contribution is 1.27. The molecule has 0 unspecified atom stereocenters. The summed E-state index contributed by atoms with van der Waals surface area (Å²) in [6.45, 7) is 2.05. The smallest absolute Gasteiger partial charge is 0.0447 e. The van der Waals surface area contributed by atoms with Gasteiger partial charge in [0.2, 0.25) is 0 Å². The van der Waals surface area contributed by atoms with E-state index in [9.17, 15) is 0 Å². The molecular formula is C8H8ClIS. The summed E-state index contributed by atoms with van der Waals surface area (Å²) in [5.41, 5.74) is 1.19. The van der Waals surface area contributed by atoms with Crippen molar-refractivity contribution >= 4 is 46.0 Å². The minimum Gasteiger partial charge on any atom is -0.128 e. The topological polar surface area (TPSA) is 0 Å². The number of benzene rings is 1. The second-order valence-electron chi connectivity index (χ2n) is 2.19. The monoisotopic (exact) mass is 298 g/mol. The zero-order valence-electron chi connectivity index (χ0n) is 6.32. The molecule has 0 aromatic heterocycles. The van der Waals surface area contributed by atoms with Crippen LogP contribution < -0.4 is 0 Å². The van der Waals surface area contributed by atoms with Gasteiger partial charge in [0.1, 0.15) is 0 Å². The van der Waals surface area contributed by atoms with Crippen LogP contribution in [0.2, 0.25) is 5.02 Å². The lowest BCUT2D eigenvalue weighted by Crippen LogP contribution is -1.84. The molecule has 0 aliphatic heterocycles. The Balaban J connectivity index is 3.29. The summed E-state index contributed by atoms with van der Waals surface area (Å²) in [4.78, 5) is 1.29. The van der Waals surface area contributed by atoms with Gasteiger partial charge in [-0.05, 0) is 53.5 Å². The minimum absolute atomic E-state index is 0.856. The van der Waals surface area contributed by atoms with E-state index in [0.717, 1.165) is 5.02 Å². The molecule has 0 fully saturated rings. The van der Waals surface area contributed by atoms with Crippen LogP contribution in [0.4, 0.5) is 0 Å². The second kappa shape index (κ2) is 4.01. The lowest BCUT2D eigenvalue weighted by atomic mass is 10.2. The van der Waals surface area contributed by atoms with Crippen LogP contribution in [0, 0.1) is 10.5 Å². The Bertz CT molecular complexity index is 273. The van der Waals surface area contributed by atoms with Crippen molar-refractivity contribution in [3.63, 3.8) is 0 Å². The molecule has 3 heteroatoms. The van der Waals surface area contributed by atoms with E-state index >= 15 is 0 Å². The third kappa shape index (κ3) is 2.04. The third-order valence-electron chi connectivity index (χ3n) is 1.50. The van der Waals surface area contributed by atoms with Crippen LogP contribution in [-0.4, -0.2) is 6.26 Å². The zero-order valence-corrected chi connectivity index (χ0v) is 10.0. The molecule has 0 spiro atoms. The molecule has 11 heavy (non-hydrogen) atoms. The Morgan fingerprint density at radius 1 is 1.45 bits per heavy atom. The van der Waals surface area contributed by atoms with Gasteiger partial charge in [0.25, 0.3) is 0 Å². The van der Waals surface area contributed by atoms with Gasteiger partial charge in [0.05, 0.1) is 0 Å². The molecule has 0 aliphatic rings. The van der Waals surface area contributed by atoms with Crippen LogP contribution in [0.3, 0.4) is 0 Å². The molecule has 1 rings (SSSR count). The molecule has 0 saturated heterocycles. The van der Waals surface area contributed by atoms with Gasteiger partial charge in [-0.3, -0.25) is 0 Å². The molecule has 0 saturated carbocycles. The van der Waals surface area contributed by atoms with Crippen LogP contribution in [0.1, 0.15) is 5.56 Å². The molecule has 1 aromatic carbocycles. The number of rotatable bonds is 1. The first-order valence-electron chi connectivity index (χ1n) is 3.15. The fourth-order valence-electron chi connectivity index (χ4n) is 0.885. The van der Waals surface area contributed by atoms with E-state index in [1.807, 2.05) is 12.1 Å². The number of thioether (sulfide) groups is 1. The largest absolute Gasteiger partial charge is 0.128 e. The summed E-state index contributed by atoms with van der Waals surface area (Å²) >= 11 is 10.0. The average Bonchev–Trinajstić information content (AvgIpc) is 1.99. The normalized spacial score (nSPS) is 10.2. The molecule has 0 atom stereocenters. The Morgan fingerprint density at radius 2 is 2.09 bits per heavy atom. The fourth-order valence-corrected chi connectivity index (χ4v) is 3.02.